The molecule has 0 saturated heterocycles. The van der Waals surface area contributed by atoms with Gasteiger partial charge >= 0.3 is 0 Å². The number of pyridine rings is 4. The lowest BCUT2D eigenvalue weighted by Gasteiger charge is -2.23. The predicted octanol–water partition coefficient (Wildman–Crippen LogP) is 10.8. The largest absolute Gasteiger partial charge is 0.361 e. The van der Waals surface area contributed by atoms with E-state index in [2.05, 4.69) is 106 Å². The molecule has 232 valence electrons. The average Bonchev–Trinajstić information content (AvgIpc) is 3.20. The fourth-order valence-corrected chi connectivity index (χ4v) is 6.52. The Labute approximate surface area is 289 Å². The third kappa shape index (κ3) is 5.54. The first kappa shape index (κ1) is 30.1. The number of fused-ring (bicyclic) bond motifs is 1. The van der Waals surface area contributed by atoms with Crippen molar-refractivity contribution in [2.75, 3.05) is 0 Å². The minimum atomic E-state index is 0.325. The van der Waals surface area contributed by atoms with Gasteiger partial charge in [0.1, 0.15) is 18.0 Å². The van der Waals surface area contributed by atoms with Gasteiger partial charge in [0.05, 0.1) is 22.8 Å². The molecule has 0 spiro atoms. The molecule has 0 aliphatic rings. The Balaban J connectivity index is 1.49. The normalized spacial score (nSPS) is 10.8. The molecule has 0 radical (unpaired) electrons. The van der Waals surface area contributed by atoms with Gasteiger partial charge in [0.25, 0.3) is 5.82 Å². The monoisotopic (exact) mass is 638 g/mol. The second-order valence-electron chi connectivity index (χ2n) is 11.6. The predicted molar refractivity (Wildman–Crippen MR) is 199 cm³/mol. The maximum Gasteiger partial charge on any atom is 0.270 e. The molecule has 4 aromatic carbocycles. The Morgan fingerprint density at radius 2 is 0.940 bits per heavy atom. The maximum atomic E-state index is 9.53. The summed E-state index contributed by atoms with van der Waals surface area (Å²) in [4.78, 5) is 22.4. The SMILES string of the molecule is [C-]#[N+]c1cc(-c2cccc(-c3c(-c4ccccc4)c(-c4ccccc4)c(-c4cccc(-c5ccnc(C#N)c5)n4)c4ccccc34)n2)ccn1. The van der Waals surface area contributed by atoms with Gasteiger partial charge in [-0.15, -0.1) is 4.98 Å². The van der Waals surface area contributed by atoms with Crippen molar-refractivity contribution in [1.82, 2.24) is 19.9 Å². The molecule has 0 bridgehead atoms. The Morgan fingerprint density at radius 1 is 0.460 bits per heavy atom. The van der Waals surface area contributed by atoms with Crippen molar-refractivity contribution >= 4 is 16.6 Å². The first-order valence-corrected chi connectivity index (χ1v) is 16.1. The lowest BCUT2D eigenvalue weighted by atomic mass is 9.80. The molecule has 4 heterocycles. The van der Waals surface area contributed by atoms with E-state index in [9.17, 15) is 5.26 Å². The van der Waals surface area contributed by atoms with Crippen molar-refractivity contribution in [2.45, 2.75) is 0 Å². The first-order chi connectivity index (χ1) is 24.7. The number of aromatic nitrogens is 4. The summed E-state index contributed by atoms with van der Waals surface area (Å²) < 4.78 is 0. The summed E-state index contributed by atoms with van der Waals surface area (Å²) >= 11 is 0. The maximum absolute atomic E-state index is 9.53. The van der Waals surface area contributed by atoms with Gasteiger partial charge in [-0.2, -0.15) is 5.26 Å². The zero-order valence-corrected chi connectivity index (χ0v) is 26.7. The van der Waals surface area contributed by atoms with Crippen molar-refractivity contribution < 1.29 is 0 Å². The minimum absolute atomic E-state index is 0.325. The van der Waals surface area contributed by atoms with Gasteiger partial charge in [-0.05, 0) is 76.0 Å². The molecule has 0 fully saturated rings. The number of nitriles is 1. The second-order valence-corrected chi connectivity index (χ2v) is 11.6. The third-order valence-electron chi connectivity index (χ3n) is 8.68. The minimum Gasteiger partial charge on any atom is -0.361 e. The molecule has 0 atom stereocenters. The average molecular weight is 639 g/mol. The number of nitrogens with zero attached hydrogens (tertiary/aromatic N) is 6. The quantitative estimate of drug-likeness (QED) is 0.169. The molecule has 4 aromatic heterocycles. The van der Waals surface area contributed by atoms with E-state index >= 15 is 0 Å². The van der Waals surface area contributed by atoms with Crippen LogP contribution in [-0.4, -0.2) is 19.9 Å². The lowest BCUT2D eigenvalue weighted by molar-refractivity contribution is 1.25. The molecular formula is C44H26N6. The van der Waals surface area contributed by atoms with Crippen LogP contribution in [0, 0.1) is 17.9 Å². The van der Waals surface area contributed by atoms with Gasteiger partial charge in [0.2, 0.25) is 0 Å². The molecule has 50 heavy (non-hydrogen) atoms. The number of rotatable bonds is 6. The van der Waals surface area contributed by atoms with Crippen LogP contribution in [0.15, 0.2) is 158 Å². The number of hydrogen-bond donors (Lipinski definition) is 0. The third-order valence-corrected chi connectivity index (χ3v) is 8.68. The highest BCUT2D eigenvalue weighted by Crippen LogP contribution is 2.50. The highest BCUT2D eigenvalue weighted by molar-refractivity contribution is 6.17. The highest BCUT2D eigenvalue weighted by Gasteiger charge is 2.25. The molecular weight excluding hydrogens is 613 g/mol. The molecule has 0 saturated carbocycles. The molecule has 0 amide bonds. The van der Waals surface area contributed by atoms with Gasteiger partial charge in [0.15, 0.2) is 0 Å². The smallest absolute Gasteiger partial charge is 0.270 e. The van der Waals surface area contributed by atoms with E-state index in [1.165, 1.54) is 0 Å². The molecule has 6 heteroatoms. The number of benzene rings is 4. The van der Waals surface area contributed by atoms with Crippen LogP contribution in [0.2, 0.25) is 0 Å². The summed E-state index contributed by atoms with van der Waals surface area (Å²) in [6, 6.07) is 50.8. The number of hydrogen-bond acceptors (Lipinski definition) is 5. The fourth-order valence-electron chi connectivity index (χ4n) is 6.52. The zero-order valence-electron chi connectivity index (χ0n) is 26.7. The van der Waals surface area contributed by atoms with Crippen molar-refractivity contribution in [2.24, 2.45) is 0 Å². The second kappa shape index (κ2) is 13.1. The molecule has 6 nitrogen and oxygen atoms in total. The van der Waals surface area contributed by atoms with E-state index in [0.29, 0.717) is 11.5 Å². The van der Waals surface area contributed by atoms with Gasteiger partial charge < -0.3 is 4.85 Å². The van der Waals surface area contributed by atoms with E-state index in [1.807, 2.05) is 48.5 Å². The summed E-state index contributed by atoms with van der Waals surface area (Å²) in [6.45, 7) is 7.49. The Hall–Kier alpha value is -7.28. The summed E-state index contributed by atoms with van der Waals surface area (Å²) in [5.74, 6) is 0.325. The summed E-state index contributed by atoms with van der Waals surface area (Å²) in [5, 5.41) is 11.6. The topological polar surface area (TPSA) is 79.7 Å². The molecule has 8 aromatic rings. The van der Waals surface area contributed by atoms with E-state index in [-0.39, 0.29) is 0 Å². The molecule has 0 aliphatic carbocycles. The van der Waals surface area contributed by atoms with Crippen molar-refractivity contribution in [3.8, 4) is 73.4 Å². The van der Waals surface area contributed by atoms with Crippen LogP contribution in [0.25, 0.3) is 82.9 Å². The van der Waals surface area contributed by atoms with E-state index in [1.54, 1.807) is 24.5 Å². The summed E-state index contributed by atoms with van der Waals surface area (Å²) in [5.41, 5.74) is 11.3. The van der Waals surface area contributed by atoms with Gasteiger partial charge in [-0.25, -0.2) is 15.0 Å². The molecule has 0 unspecified atom stereocenters. The first-order valence-electron chi connectivity index (χ1n) is 16.1. The van der Waals surface area contributed by atoms with Gasteiger partial charge in [-0.3, -0.25) is 0 Å². The Morgan fingerprint density at radius 3 is 1.46 bits per heavy atom. The van der Waals surface area contributed by atoms with Crippen LogP contribution in [0.3, 0.4) is 0 Å². The van der Waals surface area contributed by atoms with E-state index in [4.69, 9.17) is 16.5 Å². The standard InChI is InChI=1S/C44H26N6/c1-46-40-27-32(23-25-48-40)37-19-11-21-39(50-37)44-35-17-9-8-16-34(35)43(38-20-10-18-36(49-38)31-22-24-47-33(26-31)28-45)41(29-12-4-2-5-13-29)42(44)30-14-6-3-7-15-30/h2-27H. The molecule has 0 N–H and O–H groups in total. The van der Waals surface area contributed by atoms with E-state index < -0.39 is 0 Å². The van der Waals surface area contributed by atoms with Crippen molar-refractivity contribution in [3.05, 3.63) is 175 Å². The summed E-state index contributed by atoms with van der Waals surface area (Å²) in [6.07, 6.45) is 3.29. The van der Waals surface area contributed by atoms with Gasteiger partial charge in [-0.1, -0.05) is 104 Å². The lowest BCUT2D eigenvalue weighted by Crippen LogP contribution is -2.00. The van der Waals surface area contributed by atoms with Crippen LogP contribution in [0.4, 0.5) is 5.82 Å². The zero-order chi connectivity index (χ0) is 33.9. The molecule has 0 aliphatic heterocycles. The Kier molecular flexibility index (Phi) is 7.87. The van der Waals surface area contributed by atoms with Crippen LogP contribution in [0.5, 0.6) is 0 Å². The van der Waals surface area contributed by atoms with Crippen LogP contribution < -0.4 is 0 Å². The van der Waals surface area contributed by atoms with Crippen molar-refractivity contribution in [3.63, 3.8) is 0 Å². The van der Waals surface area contributed by atoms with Crippen molar-refractivity contribution in [1.29, 1.82) is 5.26 Å². The summed E-state index contributed by atoms with van der Waals surface area (Å²) in [7, 11) is 0. The van der Waals surface area contributed by atoms with Gasteiger partial charge in [0, 0.05) is 34.0 Å². The van der Waals surface area contributed by atoms with Crippen LogP contribution in [0.1, 0.15) is 5.69 Å². The fraction of sp³-hybridized carbons (Fsp3) is 0. The molecule has 8 rings (SSSR count). The van der Waals surface area contributed by atoms with E-state index in [0.717, 1.165) is 78.1 Å². The van der Waals surface area contributed by atoms with Crippen LogP contribution >= 0.6 is 0 Å². The highest BCUT2D eigenvalue weighted by atomic mass is 14.9. The Bertz CT molecular complexity index is 2440. The van der Waals surface area contributed by atoms with Crippen LogP contribution in [-0.2, 0) is 0 Å².